The van der Waals surface area contributed by atoms with E-state index in [0.29, 0.717) is 23.2 Å². The maximum Gasteiger partial charge on any atom is 0.416 e. The van der Waals surface area contributed by atoms with Gasteiger partial charge in [0.15, 0.2) is 6.10 Å². The molecule has 0 bridgehead atoms. The number of aliphatic hydroxyl groups is 1. The molecule has 1 aliphatic rings. The number of aliphatic hydroxyl groups excluding tert-OH is 1. The van der Waals surface area contributed by atoms with Gasteiger partial charge >= 0.3 is 18.2 Å². The zero-order valence-electron chi connectivity index (χ0n) is 23.6. The Labute approximate surface area is 251 Å². The van der Waals surface area contributed by atoms with Gasteiger partial charge in [-0.25, -0.2) is 9.59 Å². The van der Waals surface area contributed by atoms with Crippen LogP contribution < -0.4 is 15.5 Å². The van der Waals surface area contributed by atoms with Gasteiger partial charge in [-0.3, -0.25) is 9.69 Å². The number of carbonyl (C=O) groups excluding carboxylic acids is 2. The van der Waals surface area contributed by atoms with Crippen LogP contribution >= 0.6 is 0 Å². The van der Waals surface area contributed by atoms with Gasteiger partial charge in [0.05, 0.1) is 30.3 Å². The van der Waals surface area contributed by atoms with Crippen LogP contribution in [0.4, 0.5) is 29.3 Å². The lowest BCUT2D eigenvalue weighted by Crippen LogP contribution is -2.36. The number of aliphatic carboxylic acids is 1. The van der Waals surface area contributed by atoms with Gasteiger partial charge in [0, 0.05) is 16.9 Å². The van der Waals surface area contributed by atoms with Crippen molar-refractivity contribution in [3.8, 4) is 6.07 Å². The highest BCUT2D eigenvalue weighted by Gasteiger charge is 2.31. The van der Waals surface area contributed by atoms with Gasteiger partial charge in [0.1, 0.15) is 0 Å². The molecule has 0 saturated heterocycles. The predicted octanol–water partition coefficient (Wildman–Crippen LogP) is 6.04. The Hall–Kier alpha value is -4.89. The van der Waals surface area contributed by atoms with Gasteiger partial charge in [0.25, 0.3) is 5.91 Å². The molecule has 1 fully saturated rings. The van der Waals surface area contributed by atoms with Crippen LogP contribution in [-0.4, -0.2) is 40.8 Å². The average Bonchev–Trinajstić information content (AvgIpc) is 3.02. The molecular weight excluding hydrogens is 577 g/mol. The van der Waals surface area contributed by atoms with Gasteiger partial charge in [-0.2, -0.15) is 18.4 Å². The van der Waals surface area contributed by atoms with Crippen LogP contribution in [0.3, 0.4) is 0 Å². The quantitative estimate of drug-likeness (QED) is 0.233. The van der Waals surface area contributed by atoms with Crippen molar-refractivity contribution in [3.05, 3.63) is 94.5 Å². The van der Waals surface area contributed by atoms with Crippen molar-refractivity contribution < 1.29 is 37.8 Å². The second-order valence-corrected chi connectivity index (χ2v) is 10.6. The number of carboxylic acids is 1. The fraction of sp³-hybridized carbons (Fsp3) is 0.312. The van der Waals surface area contributed by atoms with Crippen molar-refractivity contribution in [2.24, 2.45) is 0 Å². The summed E-state index contributed by atoms with van der Waals surface area (Å²) in [7, 11) is 0. The van der Waals surface area contributed by atoms with Crippen LogP contribution in [0.2, 0.25) is 0 Å². The molecule has 0 aliphatic heterocycles. The molecule has 1 atom stereocenters. The van der Waals surface area contributed by atoms with Crippen LogP contribution in [-0.2, 0) is 17.5 Å². The zero-order chi connectivity index (χ0) is 31.9. The standard InChI is InChI=1S/C32H31F3N4O5/c33-32(34,35)25-14-21(17-36)15-26(16-25)38-31(44)39(27-12-10-23(11-13-27)22-4-2-1-3-5-22)19-20-6-8-24(9-7-20)29(41)37-18-28(40)30(42)43/h6-16,22,28,40H,1-5,18-19H2,(H,37,41)(H,38,44)(H,42,43)/t28-/m1/s1. The Morgan fingerprint density at radius 2 is 1.64 bits per heavy atom. The fourth-order valence-corrected chi connectivity index (χ4v) is 5.08. The number of benzene rings is 3. The number of amides is 3. The number of rotatable bonds is 9. The van der Waals surface area contributed by atoms with Crippen molar-refractivity contribution in [1.82, 2.24) is 5.32 Å². The zero-order valence-corrected chi connectivity index (χ0v) is 23.6. The van der Waals surface area contributed by atoms with Crippen molar-refractivity contribution in [2.45, 2.75) is 56.8 Å². The number of carboxylic acid groups (broad SMARTS) is 1. The number of nitriles is 1. The lowest BCUT2D eigenvalue weighted by molar-refractivity contribution is -0.146. The number of alkyl halides is 3. The molecule has 1 aliphatic carbocycles. The summed E-state index contributed by atoms with van der Waals surface area (Å²) in [5, 5.41) is 32.2. The molecule has 0 spiro atoms. The van der Waals surface area contributed by atoms with Crippen molar-refractivity contribution in [1.29, 1.82) is 5.26 Å². The molecule has 9 nitrogen and oxygen atoms in total. The first-order valence-electron chi connectivity index (χ1n) is 14.0. The number of nitrogens with one attached hydrogen (secondary N) is 2. The van der Waals surface area contributed by atoms with Crippen LogP contribution in [0.15, 0.2) is 66.7 Å². The minimum atomic E-state index is -4.72. The molecular formula is C32H31F3N4O5. The largest absolute Gasteiger partial charge is 0.479 e. The first-order chi connectivity index (χ1) is 20.9. The van der Waals surface area contributed by atoms with Crippen LogP contribution in [0.5, 0.6) is 0 Å². The highest BCUT2D eigenvalue weighted by molar-refractivity contribution is 6.02. The Morgan fingerprint density at radius 1 is 0.977 bits per heavy atom. The molecule has 4 rings (SSSR count). The van der Waals surface area contributed by atoms with E-state index < -0.39 is 42.3 Å². The lowest BCUT2D eigenvalue weighted by Gasteiger charge is -2.26. The van der Waals surface area contributed by atoms with E-state index in [1.54, 1.807) is 30.3 Å². The predicted molar refractivity (Wildman–Crippen MR) is 156 cm³/mol. The summed E-state index contributed by atoms with van der Waals surface area (Å²) in [6.45, 7) is -0.498. The van der Waals surface area contributed by atoms with E-state index in [9.17, 15) is 37.9 Å². The second kappa shape index (κ2) is 14.1. The maximum atomic E-state index is 13.6. The minimum absolute atomic E-state index is 0.0156. The molecule has 0 unspecified atom stereocenters. The lowest BCUT2D eigenvalue weighted by atomic mass is 9.84. The molecule has 0 heterocycles. The molecule has 12 heteroatoms. The number of halogens is 3. The third kappa shape index (κ3) is 8.35. The number of anilines is 2. The molecule has 3 aromatic rings. The summed E-state index contributed by atoms with van der Waals surface area (Å²) in [6.07, 6.45) is -0.814. The first-order valence-corrected chi connectivity index (χ1v) is 14.0. The van der Waals surface area contributed by atoms with E-state index in [-0.39, 0.29) is 23.4 Å². The molecule has 0 aromatic heterocycles. The number of nitrogens with zero attached hydrogens (tertiary/aromatic N) is 2. The van der Waals surface area contributed by atoms with Gasteiger partial charge in [-0.1, -0.05) is 43.5 Å². The SMILES string of the molecule is N#Cc1cc(NC(=O)N(Cc2ccc(C(=O)NC[C@@H](O)C(=O)O)cc2)c2ccc(C3CCCCC3)cc2)cc(C(F)(F)F)c1. The average molecular weight is 609 g/mol. The Balaban J connectivity index is 1.58. The third-order valence-electron chi connectivity index (χ3n) is 7.47. The number of hydrogen-bond acceptors (Lipinski definition) is 5. The third-order valence-corrected chi connectivity index (χ3v) is 7.47. The molecule has 3 aromatic carbocycles. The number of urea groups is 1. The highest BCUT2D eigenvalue weighted by atomic mass is 19.4. The van der Waals surface area contributed by atoms with Crippen LogP contribution in [0, 0.1) is 11.3 Å². The fourth-order valence-electron chi connectivity index (χ4n) is 5.08. The molecule has 0 radical (unpaired) electrons. The second-order valence-electron chi connectivity index (χ2n) is 10.6. The Kier molecular flexibility index (Phi) is 10.2. The van der Waals surface area contributed by atoms with E-state index in [4.69, 9.17) is 5.11 Å². The molecule has 1 saturated carbocycles. The maximum absolute atomic E-state index is 13.6. The highest BCUT2D eigenvalue weighted by Crippen LogP contribution is 2.34. The summed E-state index contributed by atoms with van der Waals surface area (Å²) in [4.78, 5) is 38.0. The van der Waals surface area contributed by atoms with E-state index in [2.05, 4.69) is 10.6 Å². The van der Waals surface area contributed by atoms with Crippen molar-refractivity contribution in [2.75, 3.05) is 16.8 Å². The number of hydrogen-bond donors (Lipinski definition) is 4. The minimum Gasteiger partial charge on any atom is -0.479 e. The van der Waals surface area contributed by atoms with Gasteiger partial charge < -0.3 is 20.8 Å². The number of carbonyl (C=O) groups is 3. The molecule has 3 amide bonds. The van der Waals surface area contributed by atoms with Crippen LogP contribution in [0.1, 0.15) is 70.6 Å². The van der Waals surface area contributed by atoms with E-state index in [1.165, 1.54) is 23.5 Å². The molecule has 4 N–H and O–H groups in total. The van der Waals surface area contributed by atoms with E-state index >= 15 is 0 Å². The first kappa shape index (κ1) is 32.0. The van der Waals surface area contributed by atoms with Crippen LogP contribution in [0.25, 0.3) is 0 Å². The Morgan fingerprint density at radius 3 is 2.23 bits per heavy atom. The summed E-state index contributed by atoms with van der Waals surface area (Å²) < 4.78 is 40.3. The van der Waals surface area contributed by atoms with Gasteiger partial charge in [-0.05, 0) is 72.4 Å². The van der Waals surface area contributed by atoms with Gasteiger partial charge in [0.2, 0.25) is 0 Å². The molecule has 230 valence electrons. The topological polar surface area (TPSA) is 143 Å². The van der Waals surface area contributed by atoms with Crippen molar-refractivity contribution >= 4 is 29.3 Å². The normalized spacial score (nSPS) is 14.2. The summed E-state index contributed by atoms with van der Waals surface area (Å²) in [6, 6.07) is 17.1. The summed E-state index contributed by atoms with van der Waals surface area (Å²) in [5.74, 6) is -1.66. The molecule has 44 heavy (non-hydrogen) atoms. The monoisotopic (exact) mass is 608 g/mol. The van der Waals surface area contributed by atoms with Crippen molar-refractivity contribution in [3.63, 3.8) is 0 Å². The smallest absolute Gasteiger partial charge is 0.416 e. The summed E-state index contributed by atoms with van der Waals surface area (Å²) in [5.41, 5.74) is 0.879. The Bertz CT molecular complexity index is 1530. The van der Waals surface area contributed by atoms with E-state index in [0.717, 1.165) is 43.4 Å². The summed E-state index contributed by atoms with van der Waals surface area (Å²) >= 11 is 0. The van der Waals surface area contributed by atoms with Gasteiger partial charge in [-0.15, -0.1) is 0 Å². The van der Waals surface area contributed by atoms with E-state index in [1.807, 2.05) is 12.1 Å².